The molecule has 8 atom stereocenters. The monoisotopic (exact) mass is 482 g/mol. The van der Waals surface area contributed by atoms with Gasteiger partial charge in [0.2, 0.25) is 0 Å². The van der Waals surface area contributed by atoms with Crippen LogP contribution >= 0.6 is 0 Å². The highest BCUT2D eigenvalue weighted by Crippen LogP contribution is 2.60. The van der Waals surface area contributed by atoms with Gasteiger partial charge in [-0.2, -0.15) is 0 Å². The summed E-state index contributed by atoms with van der Waals surface area (Å²) in [6, 6.07) is 0. The SMILES string of the molecule is C[C@H](C(=O)OCC1=CC[C@H]2CC1C2(C)C)[C@H]1CC[C@H]2C(=CC=C3C[C@@H](O)C[C@H](O)C3)CCC[C@]12C. The largest absolute Gasteiger partial charge is 0.461 e. The fraction of sp³-hybridized carbons (Fsp3) is 0.774. The zero-order valence-corrected chi connectivity index (χ0v) is 22.3. The van der Waals surface area contributed by atoms with E-state index < -0.39 is 12.2 Å². The van der Waals surface area contributed by atoms with Crippen LogP contribution in [0.25, 0.3) is 0 Å². The van der Waals surface area contributed by atoms with Crippen molar-refractivity contribution in [2.45, 2.75) is 104 Å². The van der Waals surface area contributed by atoms with Gasteiger partial charge >= 0.3 is 5.97 Å². The van der Waals surface area contributed by atoms with Crippen molar-refractivity contribution in [1.82, 2.24) is 0 Å². The number of rotatable bonds is 5. The molecule has 0 aromatic heterocycles. The summed E-state index contributed by atoms with van der Waals surface area (Å²) in [7, 11) is 0. The number of carbonyl (C=O) groups is 1. The van der Waals surface area contributed by atoms with Gasteiger partial charge in [-0.15, -0.1) is 0 Å². The Labute approximate surface area is 211 Å². The fourth-order valence-corrected chi connectivity index (χ4v) is 8.72. The lowest BCUT2D eigenvalue weighted by atomic mass is 9.49. The van der Waals surface area contributed by atoms with E-state index in [2.05, 4.69) is 45.9 Å². The third-order valence-corrected chi connectivity index (χ3v) is 11.0. The summed E-state index contributed by atoms with van der Waals surface area (Å²) in [5, 5.41) is 20.1. The van der Waals surface area contributed by atoms with Crippen molar-refractivity contribution >= 4 is 5.97 Å². The highest BCUT2D eigenvalue weighted by Gasteiger charge is 2.53. The van der Waals surface area contributed by atoms with E-state index in [1.807, 2.05) is 0 Å². The van der Waals surface area contributed by atoms with Crippen LogP contribution in [0.15, 0.2) is 34.9 Å². The van der Waals surface area contributed by atoms with E-state index in [9.17, 15) is 15.0 Å². The highest BCUT2D eigenvalue weighted by atomic mass is 16.5. The number of hydrogen-bond donors (Lipinski definition) is 2. The summed E-state index contributed by atoms with van der Waals surface area (Å²) in [4.78, 5) is 13.2. The number of aliphatic hydroxyl groups excluding tert-OH is 2. The molecule has 0 aromatic rings. The molecule has 0 amide bonds. The molecular weight excluding hydrogens is 436 g/mol. The van der Waals surface area contributed by atoms with E-state index in [0.29, 0.717) is 49.0 Å². The van der Waals surface area contributed by atoms with Gasteiger partial charge in [0.15, 0.2) is 0 Å². The molecule has 0 radical (unpaired) electrons. The van der Waals surface area contributed by atoms with Crippen molar-refractivity contribution in [1.29, 1.82) is 0 Å². The van der Waals surface area contributed by atoms with Crippen molar-refractivity contribution in [2.24, 2.45) is 40.4 Å². The van der Waals surface area contributed by atoms with Gasteiger partial charge in [-0.3, -0.25) is 4.79 Å². The van der Waals surface area contributed by atoms with Crippen LogP contribution in [-0.4, -0.2) is 35.0 Å². The molecule has 4 nitrogen and oxygen atoms in total. The van der Waals surface area contributed by atoms with Crippen molar-refractivity contribution in [3.8, 4) is 0 Å². The molecular formula is C31H46O4. The zero-order chi connectivity index (χ0) is 25.0. The van der Waals surface area contributed by atoms with Crippen LogP contribution in [0.1, 0.15) is 91.9 Å². The number of carbonyl (C=O) groups excluding carboxylic acids is 1. The van der Waals surface area contributed by atoms with Gasteiger partial charge in [-0.05, 0) is 104 Å². The second kappa shape index (κ2) is 9.49. The summed E-state index contributed by atoms with van der Waals surface area (Å²) < 4.78 is 5.96. The second-order valence-electron chi connectivity index (χ2n) is 13.3. The highest BCUT2D eigenvalue weighted by molar-refractivity contribution is 5.73. The molecule has 4 fully saturated rings. The first-order valence-electron chi connectivity index (χ1n) is 14.2. The molecule has 0 aliphatic heterocycles. The molecule has 4 saturated carbocycles. The van der Waals surface area contributed by atoms with Crippen LogP contribution in [-0.2, 0) is 9.53 Å². The number of ether oxygens (including phenoxy) is 1. The molecule has 0 spiro atoms. The summed E-state index contributed by atoms with van der Waals surface area (Å²) in [6.07, 6.45) is 15.8. The number of fused-ring (bicyclic) bond motifs is 2. The molecule has 0 aromatic carbocycles. The summed E-state index contributed by atoms with van der Waals surface area (Å²) >= 11 is 0. The van der Waals surface area contributed by atoms with Gasteiger partial charge in [0.25, 0.3) is 0 Å². The van der Waals surface area contributed by atoms with Gasteiger partial charge in [0.1, 0.15) is 6.61 Å². The maximum atomic E-state index is 13.2. The van der Waals surface area contributed by atoms with Crippen molar-refractivity contribution < 1.29 is 19.7 Å². The smallest absolute Gasteiger partial charge is 0.309 e. The Morgan fingerprint density at radius 1 is 1.11 bits per heavy atom. The normalized spacial score (nSPS) is 42.1. The Morgan fingerprint density at radius 3 is 2.54 bits per heavy atom. The van der Waals surface area contributed by atoms with Gasteiger partial charge in [0, 0.05) is 0 Å². The Bertz CT molecular complexity index is 914. The lowest BCUT2D eigenvalue weighted by Crippen LogP contribution is -2.49. The first-order valence-corrected chi connectivity index (χ1v) is 14.2. The second-order valence-corrected chi connectivity index (χ2v) is 13.3. The molecule has 0 heterocycles. The predicted molar refractivity (Wildman–Crippen MR) is 138 cm³/mol. The summed E-state index contributed by atoms with van der Waals surface area (Å²) in [6.45, 7) is 9.72. The quantitative estimate of drug-likeness (QED) is 0.365. The van der Waals surface area contributed by atoms with Crippen LogP contribution in [0.2, 0.25) is 0 Å². The molecule has 6 aliphatic rings. The molecule has 2 bridgehead atoms. The van der Waals surface area contributed by atoms with Gasteiger partial charge in [-0.1, -0.05) is 57.1 Å². The molecule has 2 N–H and O–H groups in total. The van der Waals surface area contributed by atoms with Crippen molar-refractivity contribution in [2.75, 3.05) is 6.61 Å². The van der Waals surface area contributed by atoms with Gasteiger partial charge in [0.05, 0.1) is 18.1 Å². The Hall–Kier alpha value is -1.39. The van der Waals surface area contributed by atoms with E-state index in [4.69, 9.17) is 4.74 Å². The molecule has 4 heteroatoms. The topological polar surface area (TPSA) is 66.8 Å². The van der Waals surface area contributed by atoms with E-state index >= 15 is 0 Å². The maximum Gasteiger partial charge on any atom is 0.309 e. The van der Waals surface area contributed by atoms with Gasteiger partial charge < -0.3 is 14.9 Å². The Kier molecular flexibility index (Phi) is 6.85. The lowest BCUT2D eigenvalue weighted by Gasteiger charge is -2.56. The Balaban J connectivity index is 1.23. The maximum absolute atomic E-state index is 13.2. The molecule has 35 heavy (non-hydrogen) atoms. The van der Waals surface area contributed by atoms with E-state index in [-0.39, 0.29) is 17.3 Å². The van der Waals surface area contributed by atoms with E-state index in [0.717, 1.165) is 43.6 Å². The molecule has 0 saturated heterocycles. The summed E-state index contributed by atoms with van der Waals surface area (Å²) in [5.41, 5.74) is 4.50. The van der Waals surface area contributed by atoms with Crippen LogP contribution in [0, 0.1) is 40.4 Å². The summed E-state index contributed by atoms with van der Waals surface area (Å²) in [5.74, 6) is 2.18. The van der Waals surface area contributed by atoms with Crippen LogP contribution in [0.3, 0.4) is 0 Å². The van der Waals surface area contributed by atoms with E-state index in [1.165, 1.54) is 24.0 Å². The van der Waals surface area contributed by atoms with Crippen molar-refractivity contribution in [3.63, 3.8) is 0 Å². The first kappa shape index (κ1) is 25.3. The zero-order valence-electron chi connectivity index (χ0n) is 22.3. The predicted octanol–water partition coefficient (Wildman–Crippen LogP) is 6.13. The first-order chi connectivity index (χ1) is 16.6. The fourth-order valence-electron chi connectivity index (χ4n) is 8.72. The minimum Gasteiger partial charge on any atom is -0.461 e. The van der Waals surface area contributed by atoms with Gasteiger partial charge in [-0.25, -0.2) is 0 Å². The molecule has 1 unspecified atom stereocenters. The average molecular weight is 483 g/mol. The molecule has 6 aliphatic carbocycles. The van der Waals surface area contributed by atoms with E-state index in [1.54, 1.807) is 0 Å². The minimum atomic E-state index is -0.427. The number of hydrogen-bond acceptors (Lipinski definition) is 4. The minimum absolute atomic E-state index is 0.0135. The number of allylic oxidation sites excluding steroid dienone is 4. The third-order valence-electron chi connectivity index (χ3n) is 11.0. The average Bonchev–Trinajstić information content (AvgIpc) is 3.17. The standard InChI is InChI=1S/C31H46O4/c1-19(29(34)35-18-22-9-10-23-16-28(22)30(23,2)3)26-11-12-27-21(6-5-13-31(26,27)4)8-7-20-14-24(32)17-25(33)15-20/h7-9,19,23-28,32-33H,5-6,10-18H2,1-4H3/t19-,23-,24+,25+,26+,27-,28?,31+/m0/s1. The number of aliphatic hydroxyl groups is 2. The lowest BCUT2D eigenvalue weighted by molar-refractivity contribution is -0.151. The van der Waals surface area contributed by atoms with Crippen molar-refractivity contribution in [3.05, 3.63) is 34.9 Å². The Morgan fingerprint density at radius 2 is 1.86 bits per heavy atom. The van der Waals surface area contributed by atoms with Crippen LogP contribution in [0.5, 0.6) is 0 Å². The van der Waals surface area contributed by atoms with Crippen LogP contribution < -0.4 is 0 Å². The van der Waals surface area contributed by atoms with Crippen LogP contribution in [0.4, 0.5) is 0 Å². The third kappa shape index (κ3) is 4.59. The molecule has 194 valence electrons. The molecule has 6 rings (SSSR count). The number of esters is 1.